The van der Waals surface area contributed by atoms with Gasteiger partial charge >= 0.3 is 0 Å². The van der Waals surface area contributed by atoms with Crippen molar-refractivity contribution in [2.45, 2.75) is 107 Å². The number of hydrogen-bond acceptors (Lipinski definition) is 6. The van der Waals surface area contributed by atoms with Gasteiger partial charge in [-0.3, -0.25) is 9.69 Å². The average molecular weight is 454 g/mol. The molecule has 2 saturated heterocycles. The van der Waals surface area contributed by atoms with E-state index in [-0.39, 0.29) is 17.9 Å². The van der Waals surface area contributed by atoms with Crippen LogP contribution < -0.4 is 5.32 Å². The summed E-state index contributed by atoms with van der Waals surface area (Å²) in [6.07, 6.45) is 4.33. The lowest BCUT2D eigenvalue weighted by molar-refractivity contribution is -0.136. The van der Waals surface area contributed by atoms with E-state index in [1.54, 1.807) is 0 Å². The Morgan fingerprint density at radius 3 is 2.12 bits per heavy atom. The van der Waals surface area contributed by atoms with Crippen molar-refractivity contribution in [1.82, 2.24) is 25.3 Å². The molecule has 1 aromatic rings. The van der Waals surface area contributed by atoms with E-state index in [1.807, 2.05) is 60.3 Å². The van der Waals surface area contributed by atoms with E-state index >= 15 is 0 Å². The number of nitrogens with zero attached hydrogens (tertiary/aromatic N) is 4. The van der Waals surface area contributed by atoms with E-state index in [9.17, 15) is 4.79 Å². The Kier molecular flexibility index (Phi) is 17.2. The molecule has 3 rings (SSSR count). The predicted octanol–water partition coefficient (Wildman–Crippen LogP) is 5.08. The highest BCUT2D eigenvalue weighted by atomic mass is 16.5. The van der Waals surface area contributed by atoms with Crippen LogP contribution in [0, 0.1) is 5.92 Å². The molecule has 0 aromatic carbocycles. The Hall–Kier alpha value is -1.47. The first kappa shape index (κ1) is 30.5. The van der Waals surface area contributed by atoms with Crippen molar-refractivity contribution in [1.29, 1.82) is 0 Å². The Morgan fingerprint density at radius 1 is 1.06 bits per heavy atom. The van der Waals surface area contributed by atoms with Crippen LogP contribution in [0.5, 0.6) is 0 Å². The fourth-order valence-corrected chi connectivity index (χ4v) is 3.75. The quantitative estimate of drug-likeness (QED) is 0.647. The summed E-state index contributed by atoms with van der Waals surface area (Å²) in [6, 6.07) is 0.252. The summed E-state index contributed by atoms with van der Waals surface area (Å²) in [6.45, 7) is 23.3. The molecular formula is C25H51N5O2. The number of amides is 1. The highest BCUT2D eigenvalue weighted by Crippen LogP contribution is 2.19. The van der Waals surface area contributed by atoms with Gasteiger partial charge in [0.05, 0.1) is 6.54 Å². The molecule has 0 aliphatic carbocycles. The van der Waals surface area contributed by atoms with Crippen molar-refractivity contribution in [3.63, 3.8) is 0 Å². The van der Waals surface area contributed by atoms with Crippen molar-refractivity contribution >= 4 is 5.91 Å². The zero-order valence-electron chi connectivity index (χ0n) is 22.4. The van der Waals surface area contributed by atoms with E-state index in [0.717, 1.165) is 44.9 Å². The molecule has 1 amide bonds. The first-order chi connectivity index (χ1) is 15.5. The molecule has 0 saturated carbocycles. The number of carbonyl (C=O) groups is 1. The summed E-state index contributed by atoms with van der Waals surface area (Å²) in [5, 5.41) is 7.43. The van der Waals surface area contributed by atoms with E-state index in [0.29, 0.717) is 24.8 Å². The van der Waals surface area contributed by atoms with Gasteiger partial charge in [-0.05, 0) is 57.8 Å². The summed E-state index contributed by atoms with van der Waals surface area (Å²) in [7, 11) is 0. The summed E-state index contributed by atoms with van der Waals surface area (Å²) >= 11 is 0. The van der Waals surface area contributed by atoms with Gasteiger partial charge in [-0.2, -0.15) is 4.98 Å². The second-order valence-electron chi connectivity index (χ2n) is 8.16. The van der Waals surface area contributed by atoms with Crippen LogP contribution in [-0.4, -0.2) is 64.6 Å². The molecule has 1 aromatic heterocycles. The maximum Gasteiger partial charge on any atom is 0.246 e. The average Bonchev–Trinajstić information content (AvgIpc) is 3.33. The van der Waals surface area contributed by atoms with E-state index < -0.39 is 0 Å². The molecular weight excluding hydrogens is 402 g/mol. The van der Waals surface area contributed by atoms with Crippen molar-refractivity contribution in [3.05, 3.63) is 11.7 Å². The van der Waals surface area contributed by atoms with Crippen LogP contribution in [0.25, 0.3) is 0 Å². The molecule has 0 bridgehead atoms. The summed E-state index contributed by atoms with van der Waals surface area (Å²) in [5.41, 5.74) is 0. The lowest BCUT2D eigenvalue weighted by atomic mass is 9.99. The smallest absolute Gasteiger partial charge is 0.246 e. The van der Waals surface area contributed by atoms with Gasteiger partial charge in [0, 0.05) is 12.0 Å². The lowest BCUT2D eigenvalue weighted by Gasteiger charge is -2.36. The molecule has 2 fully saturated rings. The first-order valence-corrected chi connectivity index (χ1v) is 13.1. The molecule has 0 radical (unpaired) electrons. The summed E-state index contributed by atoms with van der Waals surface area (Å²) in [4.78, 5) is 21.9. The van der Waals surface area contributed by atoms with Crippen LogP contribution in [0.1, 0.15) is 106 Å². The molecule has 32 heavy (non-hydrogen) atoms. The minimum atomic E-state index is 0.191. The van der Waals surface area contributed by atoms with Crippen LogP contribution in [0.4, 0.5) is 0 Å². The highest BCUT2D eigenvalue weighted by Gasteiger charge is 2.29. The van der Waals surface area contributed by atoms with Gasteiger partial charge in [0.2, 0.25) is 11.8 Å². The molecule has 7 heteroatoms. The Morgan fingerprint density at radius 2 is 1.62 bits per heavy atom. The Balaban J connectivity index is 0.00000148. The molecule has 0 unspecified atom stereocenters. The third kappa shape index (κ3) is 10.4. The van der Waals surface area contributed by atoms with E-state index in [2.05, 4.69) is 27.3 Å². The Labute approximate surface area is 197 Å². The normalized spacial score (nSPS) is 17.3. The summed E-state index contributed by atoms with van der Waals surface area (Å²) in [5.74, 6) is 2.45. The molecule has 0 atom stereocenters. The van der Waals surface area contributed by atoms with E-state index in [4.69, 9.17) is 4.52 Å². The third-order valence-electron chi connectivity index (χ3n) is 5.61. The van der Waals surface area contributed by atoms with Crippen molar-refractivity contribution in [2.24, 2.45) is 5.92 Å². The number of carbonyl (C=O) groups excluding carboxylic acids is 1. The van der Waals surface area contributed by atoms with Gasteiger partial charge in [-0.1, -0.05) is 67.5 Å². The maximum absolute atomic E-state index is 13.1. The SMILES string of the molecule is CC.CC.CC.CC1CCN(CC(=O)N(Cc2nc(C(C)C)no2)C2CCNCC2)CC1. The van der Waals surface area contributed by atoms with Crippen LogP contribution in [-0.2, 0) is 11.3 Å². The van der Waals surface area contributed by atoms with Crippen molar-refractivity contribution in [2.75, 3.05) is 32.7 Å². The van der Waals surface area contributed by atoms with Gasteiger partial charge in [-0.15, -0.1) is 0 Å². The molecule has 3 heterocycles. The monoisotopic (exact) mass is 453 g/mol. The molecule has 7 nitrogen and oxygen atoms in total. The van der Waals surface area contributed by atoms with Crippen LogP contribution in [0.3, 0.4) is 0 Å². The minimum Gasteiger partial charge on any atom is -0.337 e. The first-order valence-electron chi connectivity index (χ1n) is 13.1. The van der Waals surface area contributed by atoms with Gasteiger partial charge in [0.1, 0.15) is 6.54 Å². The van der Waals surface area contributed by atoms with E-state index in [1.165, 1.54) is 12.8 Å². The number of aromatic nitrogens is 2. The topological polar surface area (TPSA) is 74.5 Å². The van der Waals surface area contributed by atoms with Crippen LogP contribution >= 0.6 is 0 Å². The fourth-order valence-electron chi connectivity index (χ4n) is 3.75. The maximum atomic E-state index is 13.1. The lowest BCUT2D eigenvalue weighted by Crippen LogP contribution is -2.49. The zero-order chi connectivity index (χ0) is 24.5. The van der Waals surface area contributed by atoms with Gasteiger partial charge in [-0.25, -0.2) is 0 Å². The van der Waals surface area contributed by atoms with Crippen LogP contribution in [0.2, 0.25) is 0 Å². The molecule has 2 aliphatic heterocycles. The number of rotatable bonds is 6. The van der Waals surface area contributed by atoms with Crippen molar-refractivity contribution in [3.8, 4) is 0 Å². The minimum absolute atomic E-state index is 0.191. The predicted molar refractivity (Wildman–Crippen MR) is 134 cm³/mol. The number of piperidine rings is 2. The fraction of sp³-hybridized carbons (Fsp3) is 0.880. The van der Waals surface area contributed by atoms with Crippen LogP contribution in [0.15, 0.2) is 4.52 Å². The second kappa shape index (κ2) is 18.0. The van der Waals surface area contributed by atoms with Gasteiger partial charge in [0.15, 0.2) is 5.82 Å². The zero-order valence-corrected chi connectivity index (χ0v) is 22.4. The standard InChI is InChI=1S/C19H33N5O2.3C2H6/c1-14(2)19-21-17(26-22-19)12-24(16-4-8-20-9-5-16)18(25)13-23-10-6-15(3)7-11-23;3*1-2/h14-16,20H,4-13H2,1-3H3;3*1-2H3. The molecule has 188 valence electrons. The molecule has 2 aliphatic rings. The molecule has 0 spiro atoms. The molecule has 1 N–H and O–H groups in total. The Bertz CT molecular complexity index is 577. The van der Waals surface area contributed by atoms with Crippen molar-refractivity contribution < 1.29 is 9.32 Å². The number of nitrogens with one attached hydrogen (secondary N) is 1. The largest absolute Gasteiger partial charge is 0.337 e. The van der Waals surface area contributed by atoms with Gasteiger partial charge in [0.25, 0.3) is 0 Å². The second-order valence-corrected chi connectivity index (χ2v) is 8.16. The highest BCUT2D eigenvalue weighted by molar-refractivity contribution is 5.78. The summed E-state index contributed by atoms with van der Waals surface area (Å²) < 4.78 is 5.42. The number of likely N-dealkylation sites (tertiary alicyclic amines) is 1. The third-order valence-corrected chi connectivity index (χ3v) is 5.61. The van der Waals surface area contributed by atoms with Gasteiger partial charge < -0.3 is 14.7 Å². The number of hydrogen-bond donors (Lipinski definition) is 1.